The van der Waals surface area contributed by atoms with Gasteiger partial charge in [0.1, 0.15) is 0 Å². The third-order valence-corrected chi connectivity index (χ3v) is 10.2. The summed E-state index contributed by atoms with van der Waals surface area (Å²) in [6.07, 6.45) is 0. The Morgan fingerprint density at radius 1 is 0.255 bits per heavy atom. The summed E-state index contributed by atoms with van der Waals surface area (Å²) < 4.78 is 7.30. The second-order valence-electron chi connectivity index (χ2n) is 12.6. The molecule has 0 aliphatic carbocycles. The molecule has 3 nitrogen and oxygen atoms in total. The minimum absolute atomic E-state index is 1.15. The fourth-order valence-corrected chi connectivity index (χ4v) is 8.29. The van der Waals surface area contributed by atoms with E-state index in [-0.39, 0.29) is 0 Å². The predicted molar refractivity (Wildman–Crippen MR) is 199 cm³/mol. The first-order valence-corrected chi connectivity index (χ1v) is 16.2. The smallest absolute Gasteiger partial charge is 0.0548 e. The van der Waals surface area contributed by atoms with E-state index in [1.54, 1.807) is 0 Å². The maximum absolute atomic E-state index is 2.46. The van der Waals surface area contributed by atoms with Crippen LogP contribution in [-0.4, -0.2) is 13.5 Å². The van der Waals surface area contributed by atoms with Gasteiger partial charge in [-0.3, -0.25) is 0 Å². The molecule has 0 saturated carbocycles. The Bertz CT molecular complexity index is 3020. The van der Waals surface area contributed by atoms with E-state index in [0.29, 0.717) is 0 Å². The molecule has 0 fully saturated rings. The lowest BCUT2D eigenvalue weighted by atomic mass is 10.0. The van der Waals surface area contributed by atoms with Crippen LogP contribution < -0.4 is 0 Å². The van der Waals surface area contributed by atoms with Gasteiger partial charge < -0.3 is 13.5 Å². The zero-order chi connectivity index (χ0) is 30.6. The van der Waals surface area contributed by atoms with E-state index in [9.17, 15) is 0 Å². The Labute approximate surface area is 269 Å². The number of rotatable bonds is 2. The van der Waals surface area contributed by atoms with Gasteiger partial charge in [-0.25, -0.2) is 0 Å². The van der Waals surface area contributed by atoms with Crippen LogP contribution in [0.5, 0.6) is 0 Å². The van der Waals surface area contributed by atoms with Gasteiger partial charge in [-0.1, -0.05) is 103 Å². The normalized spacial score (nSPS) is 12.3. The molecule has 11 aromatic rings. The number of hydrogen-bond acceptors (Lipinski definition) is 0. The monoisotopic (exact) mass is 597 g/mol. The molecule has 0 unspecified atom stereocenters. The molecule has 0 radical (unpaired) electrons. The van der Waals surface area contributed by atoms with Gasteiger partial charge in [0.05, 0.1) is 38.6 Å². The Balaban J connectivity index is 1.24. The molecule has 0 bridgehead atoms. The average molecular weight is 598 g/mol. The fraction of sp³-hybridized carbons (Fsp3) is 0. The number of pyridine rings is 1. The molecule has 3 heteroatoms. The number of hydrogen-bond donors (Lipinski definition) is 0. The van der Waals surface area contributed by atoms with Gasteiger partial charge in [0.25, 0.3) is 0 Å². The summed E-state index contributed by atoms with van der Waals surface area (Å²) in [6, 6.07) is 60.0. The lowest BCUT2D eigenvalue weighted by Crippen LogP contribution is -1.98. The summed E-state index contributed by atoms with van der Waals surface area (Å²) in [7, 11) is 0. The van der Waals surface area contributed by atoms with Gasteiger partial charge in [0, 0.05) is 49.1 Å². The van der Waals surface area contributed by atoms with Crippen LogP contribution in [0.1, 0.15) is 0 Å². The van der Waals surface area contributed by atoms with Crippen molar-refractivity contribution >= 4 is 81.7 Å². The van der Waals surface area contributed by atoms with Crippen molar-refractivity contribution in [3.05, 3.63) is 164 Å². The van der Waals surface area contributed by atoms with E-state index < -0.39 is 0 Å². The minimum Gasteiger partial charge on any atom is -0.309 e. The van der Waals surface area contributed by atoms with E-state index in [2.05, 4.69) is 177 Å². The summed E-state index contributed by atoms with van der Waals surface area (Å²) in [5.74, 6) is 0. The van der Waals surface area contributed by atoms with Crippen LogP contribution in [0, 0.1) is 0 Å². The Kier molecular flexibility index (Phi) is 4.84. The molecular formula is C44H27N3. The Morgan fingerprint density at radius 2 is 0.681 bits per heavy atom. The highest BCUT2D eigenvalue weighted by molar-refractivity contribution is 6.25. The van der Waals surface area contributed by atoms with Crippen LogP contribution >= 0.6 is 0 Å². The predicted octanol–water partition coefficient (Wildman–Crippen LogP) is 11.6. The maximum Gasteiger partial charge on any atom is 0.0548 e. The molecule has 0 saturated heterocycles. The second kappa shape index (κ2) is 9.12. The number of para-hydroxylation sites is 4. The standard InChI is InChI=1S/C44H27N3/c1-2-16-32-30(14-1)31-15-3-9-22-39(31)47-41-24-25-42-44(36(41)27-43(32)47)35-19-6-10-23-40(35)46(42)29-13-11-12-28(26-29)45-37-20-7-4-17-33(37)34-18-5-8-21-38(34)45/h1-27H. The van der Waals surface area contributed by atoms with Gasteiger partial charge in [-0.2, -0.15) is 0 Å². The van der Waals surface area contributed by atoms with Crippen molar-refractivity contribution in [3.8, 4) is 11.4 Å². The van der Waals surface area contributed by atoms with Crippen LogP contribution in [0.4, 0.5) is 0 Å². The molecule has 0 aliphatic rings. The van der Waals surface area contributed by atoms with Crippen LogP contribution in [0.15, 0.2) is 164 Å². The number of aromatic nitrogens is 3. The zero-order valence-corrected chi connectivity index (χ0v) is 25.4. The summed E-state index contributed by atoms with van der Waals surface area (Å²) in [5.41, 5.74) is 10.9. The molecule has 0 spiro atoms. The van der Waals surface area contributed by atoms with Crippen molar-refractivity contribution < 1.29 is 0 Å². The summed E-state index contributed by atoms with van der Waals surface area (Å²) in [6.45, 7) is 0. The zero-order valence-electron chi connectivity index (χ0n) is 25.4. The fourth-order valence-electron chi connectivity index (χ4n) is 8.29. The first kappa shape index (κ1) is 24.9. The topological polar surface area (TPSA) is 14.3 Å². The minimum atomic E-state index is 1.15. The largest absolute Gasteiger partial charge is 0.309 e. The molecular weight excluding hydrogens is 571 g/mol. The third-order valence-electron chi connectivity index (χ3n) is 10.2. The highest BCUT2D eigenvalue weighted by Crippen LogP contribution is 2.41. The van der Waals surface area contributed by atoms with E-state index >= 15 is 0 Å². The summed E-state index contributed by atoms with van der Waals surface area (Å²) in [4.78, 5) is 0. The van der Waals surface area contributed by atoms with Crippen LogP contribution in [0.25, 0.3) is 93.1 Å². The first-order chi connectivity index (χ1) is 23.3. The lowest BCUT2D eigenvalue weighted by Gasteiger charge is -2.13. The second-order valence-corrected chi connectivity index (χ2v) is 12.6. The molecule has 0 aliphatic heterocycles. The van der Waals surface area contributed by atoms with E-state index in [4.69, 9.17) is 0 Å². The molecule has 4 aromatic heterocycles. The van der Waals surface area contributed by atoms with Crippen LogP contribution in [0.3, 0.4) is 0 Å². The Hall–Kier alpha value is -6.32. The van der Waals surface area contributed by atoms with Crippen LogP contribution in [0.2, 0.25) is 0 Å². The summed E-state index contributed by atoms with van der Waals surface area (Å²) in [5, 5.41) is 10.2. The molecule has 11 rings (SSSR count). The van der Waals surface area contributed by atoms with Crippen LogP contribution in [-0.2, 0) is 0 Å². The maximum atomic E-state index is 2.46. The molecule has 4 heterocycles. The molecule has 47 heavy (non-hydrogen) atoms. The highest BCUT2D eigenvalue weighted by Gasteiger charge is 2.19. The number of nitrogens with zero attached hydrogens (tertiary/aromatic N) is 3. The van der Waals surface area contributed by atoms with Gasteiger partial charge in [0.2, 0.25) is 0 Å². The van der Waals surface area contributed by atoms with Crippen molar-refractivity contribution in [3.63, 3.8) is 0 Å². The average Bonchev–Trinajstić information content (AvgIpc) is 3.80. The molecule has 218 valence electrons. The van der Waals surface area contributed by atoms with Gasteiger partial charge in [-0.15, -0.1) is 0 Å². The van der Waals surface area contributed by atoms with Gasteiger partial charge >= 0.3 is 0 Å². The Morgan fingerprint density at radius 3 is 1.32 bits per heavy atom. The molecule has 0 atom stereocenters. The number of benzene rings is 7. The van der Waals surface area contributed by atoms with Crippen molar-refractivity contribution in [2.24, 2.45) is 0 Å². The number of fused-ring (bicyclic) bond motifs is 15. The molecule has 0 amide bonds. The van der Waals surface area contributed by atoms with Crippen molar-refractivity contribution in [1.29, 1.82) is 0 Å². The SMILES string of the molecule is c1cc(-n2c3ccccc3c3ccccc32)cc(-n2c3ccccc3c3c4cc5c6ccccc6c6ccccc6n5c4ccc32)c1. The first-order valence-electron chi connectivity index (χ1n) is 16.2. The quantitative estimate of drug-likeness (QED) is 0.176. The van der Waals surface area contributed by atoms with Gasteiger partial charge in [0.15, 0.2) is 0 Å². The molecule has 0 N–H and O–H groups in total. The van der Waals surface area contributed by atoms with Crippen molar-refractivity contribution in [2.75, 3.05) is 0 Å². The van der Waals surface area contributed by atoms with E-state index in [1.165, 1.54) is 81.7 Å². The van der Waals surface area contributed by atoms with Crippen molar-refractivity contribution in [1.82, 2.24) is 13.5 Å². The van der Waals surface area contributed by atoms with E-state index in [0.717, 1.165) is 11.4 Å². The summed E-state index contributed by atoms with van der Waals surface area (Å²) >= 11 is 0. The third kappa shape index (κ3) is 3.25. The highest BCUT2D eigenvalue weighted by atomic mass is 15.0. The lowest BCUT2D eigenvalue weighted by molar-refractivity contribution is 1.13. The van der Waals surface area contributed by atoms with E-state index in [1.807, 2.05) is 0 Å². The van der Waals surface area contributed by atoms with Crippen molar-refractivity contribution in [2.45, 2.75) is 0 Å². The molecule has 7 aromatic carbocycles. The van der Waals surface area contributed by atoms with Gasteiger partial charge in [-0.05, 0) is 66.0 Å².